The predicted molar refractivity (Wildman–Crippen MR) is 106 cm³/mol. The first-order valence-corrected chi connectivity index (χ1v) is 10.3. The number of halogens is 1. The molecule has 2 heterocycles. The maximum absolute atomic E-state index is 11.4. The Morgan fingerprint density at radius 3 is 2.77 bits per heavy atom. The van der Waals surface area contributed by atoms with Gasteiger partial charge in [-0.05, 0) is 31.2 Å². The molecule has 0 unspecified atom stereocenters. The average Bonchev–Trinajstić information content (AvgIpc) is 3.26. The van der Waals surface area contributed by atoms with Gasteiger partial charge in [-0.25, -0.2) is 4.98 Å². The van der Waals surface area contributed by atoms with E-state index in [0.717, 1.165) is 33.8 Å². The van der Waals surface area contributed by atoms with Gasteiger partial charge in [-0.15, -0.1) is 21.5 Å². The van der Waals surface area contributed by atoms with Crippen LogP contribution in [-0.2, 0) is 23.5 Å². The lowest BCUT2D eigenvalue weighted by atomic mass is 10.2. The van der Waals surface area contributed by atoms with Crippen LogP contribution in [0.2, 0.25) is 5.02 Å². The second-order valence-electron chi connectivity index (χ2n) is 5.43. The van der Waals surface area contributed by atoms with Crippen molar-refractivity contribution in [3.63, 3.8) is 0 Å². The first-order valence-electron chi connectivity index (χ1n) is 8.06. The number of nitrogens with one attached hydrogen (secondary N) is 1. The summed E-state index contributed by atoms with van der Waals surface area (Å²) in [6.45, 7) is 2.84. The molecule has 1 amide bonds. The Morgan fingerprint density at radius 1 is 1.31 bits per heavy atom. The highest BCUT2D eigenvalue weighted by molar-refractivity contribution is 7.98. The number of aromatic nitrogens is 4. The topological polar surface area (TPSA) is 72.7 Å². The van der Waals surface area contributed by atoms with Gasteiger partial charge in [-0.1, -0.05) is 23.4 Å². The lowest BCUT2D eigenvalue weighted by molar-refractivity contribution is -0.119. The minimum atomic E-state index is -0.0307. The summed E-state index contributed by atoms with van der Waals surface area (Å²) in [5.74, 6) is 1.48. The Kier molecular flexibility index (Phi) is 6.29. The van der Waals surface area contributed by atoms with Crippen molar-refractivity contribution in [2.45, 2.75) is 30.8 Å². The summed E-state index contributed by atoms with van der Waals surface area (Å²) in [5, 5.41) is 15.6. The predicted octanol–water partition coefficient (Wildman–Crippen LogP) is 3.66. The maximum atomic E-state index is 11.4. The van der Waals surface area contributed by atoms with Gasteiger partial charge in [0.25, 0.3) is 0 Å². The third-order valence-corrected chi connectivity index (χ3v) is 5.82. The molecule has 1 N–H and O–H groups in total. The van der Waals surface area contributed by atoms with Crippen LogP contribution in [0.15, 0.2) is 34.8 Å². The number of nitrogens with zero attached hydrogens (tertiary/aromatic N) is 4. The smallest absolute Gasteiger partial charge is 0.226 e. The molecule has 0 spiro atoms. The van der Waals surface area contributed by atoms with Gasteiger partial charge in [0.05, 0.1) is 12.1 Å². The third kappa shape index (κ3) is 4.44. The van der Waals surface area contributed by atoms with Crippen LogP contribution >= 0.6 is 34.7 Å². The molecule has 0 aliphatic carbocycles. The Bertz CT molecular complexity index is 891. The van der Waals surface area contributed by atoms with Gasteiger partial charge in [0.2, 0.25) is 5.91 Å². The second-order valence-corrected chi connectivity index (χ2v) is 7.75. The Balaban J connectivity index is 1.71. The van der Waals surface area contributed by atoms with Gasteiger partial charge in [0.15, 0.2) is 11.0 Å². The van der Waals surface area contributed by atoms with Gasteiger partial charge in [0, 0.05) is 35.3 Å². The summed E-state index contributed by atoms with van der Waals surface area (Å²) in [6, 6.07) is 7.58. The highest BCUT2D eigenvalue weighted by Crippen LogP contribution is 2.27. The molecule has 0 aliphatic rings. The number of thiazole rings is 1. The summed E-state index contributed by atoms with van der Waals surface area (Å²) < 4.78 is 2.08. The summed E-state index contributed by atoms with van der Waals surface area (Å²) in [6.07, 6.45) is 0.317. The SMILES string of the molecule is CCn1c(SCc2csc(CC(=O)NC)n2)nnc1-c1ccc(Cl)cc1. The molecule has 0 bridgehead atoms. The average molecular weight is 408 g/mol. The molecular formula is C17H18ClN5OS2. The number of hydrogen-bond acceptors (Lipinski definition) is 6. The van der Waals surface area contributed by atoms with Gasteiger partial charge in [0.1, 0.15) is 5.01 Å². The van der Waals surface area contributed by atoms with Crippen molar-refractivity contribution in [3.05, 3.63) is 45.4 Å². The van der Waals surface area contributed by atoms with E-state index in [1.165, 1.54) is 11.3 Å². The first-order chi connectivity index (χ1) is 12.6. The van der Waals surface area contributed by atoms with E-state index in [0.29, 0.717) is 17.2 Å². The molecule has 26 heavy (non-hydrogen) atoms. The summed E-state index contributed by atoms with van der Waals surface area (Å²) in [7, 11) is 1.63. The molecule has 0 aliphatic heterocycles. The minimum absolute atomic E-state index is 0.0307. The van der Waals surface area contributed by atoms with Gasteiger partial charge in [-0.2, -0.15) is 0 Å². The molecule has 3 rings (SSSR count). The van der Waals surface area contributed by atoms with Crippen LogP contribution in [0.4, 0.5) is 0 Å². The molecule has 0 fully saturated rings. The summed E-state index contributed by atoms with van der Waals surface area (Å²) in [4.78, 5) is 15.9. The highest BCUT2D eigenvalue weighted by atomic mass is 35.5. The molecule has 136 valence electrons. The molecular weight excluding hydrogens is 390 g/mol. The van der Waals surface area contributed by atoms with Crippen molar-refractivity contribution in [1.82, 2.24) is 25.1 Å². The largest absolute Gasteiger partial charge is 0.359 e. The van der Waals surface area contributed by atoms with Crippen LogP contribution in [0, 0.1) is 0 Å². The molecule has 1 aromatic carbocycles. The fourth-order valence-corrected chi connectivity index (χ4v) is 4.27. The number of carbonyl (C=O) groups is 1. The van der Waals surface area contributed by atoms with E-state index in [9.17, 15) is 4.79 Å². The van der Waals surface area contributed by atoms with Crippen molar-refractivity contribution >= 4 is 40.6 Å². The number of rotatable bonds is 7. The van der Waals surface area contributed by atoms with Gasteiger partial charge >= 0.3 is 0 Å². The zero-order valence-corrected chi connectivity index (χ0v) is 16.8. The van der Waals surface area contributed by atoms with E-state index >= 15 is 0 Å². The van der Waals surface area contributed by atoms with Crippen molar-refractivity contribution < 1.29 is 4.79 Å². The minimum Gasteiger partial charge on any atom is -0.359 e. The van der Waals surface area contributed by atoms with Gasteiger partial charge < -0.3 is 9.88 Å². The van der Waals surface area contributed by atoms with E-state index in [1.54, 1.807) is 18.8 Å². The van der Waals surface area contributed by atoms with E-state index in [-0.39, 0.29) is 5.91 Å². The van der Waals surface area contributed by atoms with E-state index in [1.807, 2.05) is 29.6 Å². The third-order valence-electron chi connectivity index (χ3n) is 3.67. The van der Waals surface area contributed by atoms with Crippen LogP contribution in [-0.4, -0.2) is 32.7 Å². The van der Waals surface area contributed by atoms with E-state index in [4.69, 9.17) is 11.6 Å². The number of carbonyl (C=O) groups excluding carboxylic acids is 1. The Hall–Kier alpha value is -1.90. The molecule has 2 aromatic heterocycles. The summed E-state index contributed by atoms with van der Waals surface area (Å²) >= 11 is 9.05. The van der Waals surface area contributed by atoms with Gasteiger partial charge in [-0.3, -0.25) is 4.79 Å². The normalized spacial score (nSPS) is 10.9. The highest BCUT2D eigenvalue weighted by Gasteiger charge is 2.14. The van der Waals surface area contributed by atoms with Crippen LogP contribution in [0.5, 0.6) is 0 Å². The zero-order chi connectivity index (χ0) is 18.5. The first kappa shape index (κ1) is 18.9. The maximum Gasteiger partial charge on any atom is 0.226 e. The van der Waals surface area contributed by atoms with E-state index in [2.05, 4.69) is 32.0 Å². The van der Waals surface area contributed by atoms with Crippen LogP contribution < -0.4 is 5.32 Å². The lowest BCUT2D eigenvalue weighted by Crippen LogP contribution is -2.19. The lowest BCUT2D eigenvalue weighted by Gasteiger charge is -2.07. The number of thioether (sulfide) groups is 1. The molecule has 0 saturated heterocycles. The zero-order valence-electron chi connectivity index (χ0n) is 14.4. The molecule has 0 radical (unpaired) electrons. The molecule has 0 saturated carbocycles. The fraction of sp³-hybridized carbons (Fsp3) is 0.294. The monoisotopic (exact) mass is 407 g/mol. The van der Waals surface area contributed by atoms with Crippen molar-refractivity contribution in [1.29, 1.82) is 0 Å². The van der Waals surface area contributed by atoms with Crippen molar-refractivity contribution in [3.8, 4) is 11.4 Å². The number of hydrogen-bond donors (Lipinski definition) is 1. The van der Waals surface area contributed by atoms with Crippen LogP contribution in [0.1, 0.15) is 17.6 Å². The second kappa shape index (κ2) is 8.66. The standard InChI is InChI=1S/C17H18ClN5OS2/c1-3-23-16(11-4-6-12(18)7-5-11)21-22-17(23)26-10-13-9-25-15(20-13)8-14(24)19-2/h4-7,9H,3,8,10H2,1-2H3,(H,19,24). The molecule has 0 atom stereocenters. The Morgan fingerprint density at radius 2 is 2.08 bits per heavy atom. The Labute approximate surface area is 165 Å². The summed E-state index contributed by atoms with van der Waals surface area (Å²) in [5.41, 5.74) is 1.93. The number of likely N-dealkylation sites (N-methyl/N-ethyl adjacent to an activating group) is 1. The molecule has 9 heteroatoms. The van der Waals surface area contributed by atoms with Crippen LogP contribution in [0.3, 0.4) is 0 Å². The number of benzene rings is 1. The van der Waals surface area contributed by atoms with E-state index < -0.39 is 0 Å². The van der Waals surface area contributed by atoms with Crippen molar-refractivity contribution in [2.24, 2.45) is 0 Å². The fourth-order valence-electron chi connectivity index (χ4n) is 2.35. The van der Waals surface area contributed by atoms with Crippen LogP contribution in [0.25, 0.3) is 11.4 Å². The molecule has 3 aromatic rings. The molecule has 6 nitrogen and oxygen atoms in total. The van der Waals surface area contributed by atoms with Crippen molar-refractivity contribution in [2.75, 3.05) is 7.05 Å². The number of amides is 1. The quantitative estimate of drug-likeness (QED) is 0.605.